The highest BCUT2D eigenvalue weighted by Crippen LogP contribution is 2.31. The van der Waals surface area contributed by atoms with Crippen molar-refractivity contribution in [2.24, 2.45) is 0 Å². The van der Waals surface area contributed by atoms with Gasteiger partial charge >= 0.3 is 5.97 Å². The van der Waals surface area contributed by atoms with E-state index in [9.17, 15) is 9.59 Å². The van der Waals surface area contributed by atoms with Crippen LogP contribution in [0.5, 0.6) is 0 Å². The average Bonchev–Trinajstić information content (AvgIpc) is 2.57. The van der Waals surface area contributed by atoms with Gasteiger partial charge in [0.05, 0.1) is 15.1 Å². The molecule has 0 aliphatic rings. The minimum absolute atomic E-state index is 0.00380. The lowest BCUT2D eigenvalue weighted by Gasteiger charge is -2.08. The Balaban J connectivity index is 1.86. The van der Waals surface area contributed by atoms with E-state index in [-0.39, 0.29) is 20.8 Å². The van der Waals surface area contributed by atoms with Crippen LogP contribution in [0.4, 0.5) is 0 Å². The monoisotopic (exact) mass is 386 g/mol. The van der Waals surface area contributed by atoms with Crippen LogP contribution in [0.15, 0.2) is 30.5 Å². The quantitative estimate of drug-likeness (QED) is 0.792. The number of nitrogens with one attached hydrogen (secondary N) is 1. The number of halogens is 3. The zero-order valence-electron chi connectivity index (χ0n) is 12.6. The second kappa shape index (κ2) is 8.33. The molecular formula is C16H13Cl3N2O3. The molecule has 0 saturated heterocycles. The van der Waals surface area contributed by atoms with Crippen molar-refractivity contribution in [3.63, 3.8) is 0 Å². The Morgan fingerprint density at radius 3 is 2.46 bits per heavy atom. The number of carbonyl (C=O) groups is 2. The summed E-state index contributed by atoms with van der Waals surface area (Å²) in [4.78, 5) is 27.4. The molecule has 0 spiro atoms. The maximum atomic E-state index is 11.9. The van der Waals surface area contributed by atoms with E-state index in [0.29, 0.717) is 6.54 Å². The Kier molecular flexibility index (Phi) is 6.43. The van der Waals surface area contributed by atoms with Gasteiger partial charge < -0.3 is 10.1 Å². The fourth-order valence-corrected chi connectivity index (χ4v) is 2.30. The molecule has 2 rings (SSSR count). The van der Waals surface area contributed by atoms with E-state index >= 15 is 0 Å². The highest BCUT2D eigenvalue weighted by Gasteiger charge is 2.19. The highest BCUT2D eigenvalue weighted by molar-refractivity contribution is 6.48. The predicted octanol–water partition coefficient (Wildman–Crippen LogP) is 3.82. The molecule has 1 aromatic carbocycles. The van der Waals surface area contributed by atoms with Crippen LogP contribution in [-0.4, -0.2) is 23.5 Å². The van der Waals surface area contributed by atoms with Crippen molar-refractivity contribution in [1.29, 1.82) is 0 Å². The van der Waals surface area contributed by atoms with Gasteiger partial charge in [-0.25, -0.2) is 9.78 Å². The van der Waals surface area contributed by atoms with Crippen molar-refractivity contribution < 1.29 is 14.3 Å². The molecule has 5 nitrogen and oxygen atoms in total. The minimum Gasteiger partial charge on any atom is -0.451 e. The zero-order chi connectivity index (χ0) is 17.7. The van der Waals surface area contributed by atoms with Crippen LogP contribution in [0.2, 0.25) is 15.1 Å². The number of pyridine rings is 1. The molecule has 2 aromatic rings. The molecule has 126 valence electrons. The molecule has 0 atom stereocenters. The summed E-state index contributed by atoms with van der Waals surface area (Å²) >= 11 is 17.4. The number of amides is 1. The second-order valence-corrected chi connectivity index (χ2v) is 6.08. The molecule has 0 aliphatic heterocycles. The maximum Gasteiger partial charge on any atom is 0.359 e. The van der Waals surface area contributed by atoms with E-state index in [0.717, 1.165) is 11.1 Å². The van der Waals surface area contributed by atoms with Crippen molar-refractivity contribution in [2.45, 2.75) is 13.5 Å². The Morgan fingerprint density at radius 1 is 1.12 bits per heavy atom. The summed E-state index contributed by atoms with van der Waals surface area (Å²) in [5.74, 6) is -1.30. The van der Waals surface area contributed by atoms with Crippen LogP contribution in [0.1, 0.15) is 21.6 Å². The van der Waals surface area contributed by atoms with E-state index in [1.807, 2.05) is 31.2 Å². The maximum absolute atomic E-state index is 11.9. The van der Waals surface area contributed by atoms with Gasteiger partial charge in [0.25, 0.3) is 5.91 Å². The summed E-state index contributed by atoms with van der Waals surface area (Å²) in [6.07, 6.45) is 1.18. The summed E-state index contributed by atoms with van der Waals surface area (Å²) in [6, 6.07) is 7.70. The SMILES string of the molecule is Cc1ccc(CNC(=O)COC(=O)c2ncc(Cl)c(Cl)c2Cl)cc1. The molecule has 8 heteroatoms. The summed E-state index contributed by atoms with van der Waals surface area (Å²) < 4.78 is 4.87. The van der Waals surface area contributed by atoms with Gasteiger partial charge in [-0.3, -0.25) is 4.79 Å². The van der Waals surface area contributed by atoms with Gasteiger partial charge in [-0.05, 0) is 12.5 Å². The number of rotatable bonds is 5. The molecule has 0 unspecified atom stereocenters. The first-order valence-electron chi connectivity index (χ1n) is 6.87. The third-order valence-corrected chi connectivity index (χ3v) is 4.30. The summed E-state index contributed by atoms with van der Waals surface area (Å²) in [5, 5.41) is 2.65. The number of nitrogens with zero attached hydrogens (tertiary/aromatic N) is 1. The van der Waals surface area contributed by atoms with Crippen LogP contribution in [-0.2, 0) is 16.1 Å². The molecular weight excluding hydrogens is 375 g/mol. The standard InChI is InChI=1S/C16H13Cl3N2O3/c1-9-2-4-10(5-3-9)6-20-12(22)8-24-16(23)15-14(19)13(18)11(17)7-21-15/h2-5,7H,6,8H2,1H3,(H,20,22). The van der Waals surface area contributed by atoms with Gasteiger partial charge in [-0.15, -0.1) is 0 Å². The van der Waals surface area contributed by atoms with Gasteiger partial charge in [0.1, 0.15) is 0 Å². The van der Waals surface area contributed by atoms with Gasteiger partial charge in [0.2, 0.25) is 0 Å². The summed E-state index contributed by atoms with van der Waals surface area (Å²) in [6.45, 7) is 1.86. The van der Waals surface area contributed by atoms with Crippen molar-refractivity contribution in [1.82, 2.24) is 10.3 Å². The smallest absolute Gasteiger partial charge is 0.359 e. The van der Waals surface area contributed by atoms with E-state index < -0.39 is 18.5 Å². The fraction of sp³-hybridized carbons (Fsp3) is 0.188. The molecule has 0 radical (unpaired) electrons. The Bertz CT molecular complexity index is 764. The largest absolute Gasteiger partial charge is 0.451 e. The lowest BCUT2D eigenvalue weighted by Crippen LogP contribution is -2.28. The van der Waals surface area contributed by atoms with E-state index in [2.05, 4.69) is 10.3 Å². The topological polar surface area (TPSA) is 68.3 Å². The number of esters is 1. The molecule has 24 heavy (non-hydrogen) atoms. The van der Waals surface area contributed by atoms with Crippen molar-refractivity contribution in [3.8, 4) is 0 Å². The lowest BCUT2D eigenvalue weighted by atomic mass is 10.1. The number of carbonyl (C=O) groups excluding carboxylic acids is 2. The molecule has 0 fully saturated rings. The van der Waals surface area contributed by atoms with Gasteiger partial charge in [-0.2, -0.15) is 0 Å². The first kappa shape index (κ1) is 18.5. The van der Waals surface area contributed by atoms with E-state index in [1.165, 1.54) is 6.20 Å². The average molecular weight is 388 g/mol. The summed E-state index contributed by atoms with van der Waals surface area (Å²) in [7, 11) is 0. The molecule has 0 bridgehead atoms. The fourth-order valence-electron chi connectivity index (χ4n) is 1.74. The highest BCUT2D eigenvalue weighted by atomic mass is 35.5. The first-order chi connectivity index (χ1) is 11.4. The molecule has 1 amide bonds. The number of hydrogen-bond acceptors (Lipinski definition) is 4. The second-order valence-electron chi connectivity index (χ2n) is 4.92. The van der Waals surface area contributed by atoms with Crippen LogP contribution in [0, 0.1) is 6.92 Å². The van der Waals surface area contributed by atoms with Crippen molar-refractivity contribution >= 4 is 46.7 Å². The van der Waals surface area contributed by atoms with E-state index in [4.69, 9.17) is 39.5 Å². The first-order valence-corrected chi connectivity index (χ1v) is 8.00. The zero-order valence-corrected chi connectivity index (χ0v) is 14.9. The normalized spacial score (nSPS) is 10.3. The Labute approximate surface area is 153 Å². The van der Waals surface area contributed by atoms with Crippen LogP contribution >= 0.6 is 34.8 Å². The number of ether oxygens (including phenoxy) is 1. The van der Waals surface area contributed by atoms with Gasteiger partial charge in [-0.1, -0.05) is 64.6 Å². The molecule has 1 N–H and O–H groups in total. The van der Waals surface area contributed by atoms with Gasteiger partial charge in [0, 0.05) is 12.7 Å². The number of aryl methyl sites for hydroxylation is 1. The van der Waals surface area contributed by atoms with Crippen molar-refractivity contribution in [3.05, 3.63) is 62.4 Å². The number of hydrogen-bond donors (Lipinski definition) is 1. The Hall–Kier alpha value is -1.82. The number of benzene rings is 1. The predicted molar refractivity (Wildman–Crippen MR) is 92.6 cm³/mol. The van der Waals surface area contributed by atoms with Gasteiger partial charge in [0.15, 0.2) is 12.3 Å². The Morgan fingerprint density at radius 2 is 1.79 bits per heavy atom. The number of aromatic nitrogens is 1. The minimum atomic E-state index is -0.857. The molecule has 1 aromatic heterocycles. The van der Waals surface area contributed by atoms with Crippen molar-refractivity contribution in [2.75, 3.05) is 6.61 Å². The molecule has 0 saturated carbocycles. The van der Waals surface area contributed by atoms with E-state index in [1.54, 1.807) is 0 Å². The van der Waals surface area contributed by atoms with Crippen LogP contribution < -0.4 is 5.32 Å². The lowest BCUT2D eigenvalue weighted by molar-refractivity contribution is -0.124. The van der Waals surface area contributed by atoms with Crippen LogP contribution in [0.25, 0.3) is 0 Å². The molecule has 1 heterocycles. The third kappa shape index (κ3) is 4.84. The molecule has 0 aliphatic carbocycles. The van der Waals surface area contributed by atoms with Crippen LogP contribution in [0.3, 0.4) is 0 Å². The summed E-state index contributed by atoms with van der Waals surface area (Å²) in [5.41, 5.74) is 1.87. The third-order valence-electron chi connectivity index (χ3n) is 3.06.